The van der Waals surface area contributed by atoms with Crippen LogP contribution in [0.5, 0.6) is 0 Å². The van der Waals surface area contributed by atoms with E-state index < -0.39 is 0 Å². The van der Waals surface area contributed by atoms with E-state index in [1.165, 1.54) is 6.42 Å². The Morgan fingerprint density at radius 1 is 1.14 bits per heavy atom. The fourth-order valence-electron chi connectivity index (χ4n) is 4.06. The molecule has 2 amide bonds. The van der Waals surface area contributed by atoms with Crippen molar-refractivity contribution in [2.24, 2.45) is 17.8 Å². The number of nitrogens with zero attached hydrogens (tertiary/aromatic N) is 1. The highest BCUT2D eigenvalue weighted by atomic mass is 16.2. The Morgan fingerprint density at radius 2 is 1.71 bits per heavy atom. The molecule has 0 aromatic heterocycles. The van der Waals surface area contributed by atoms with Crippen molar-refractivity contribution < 1.29 is 9.59 Å². The Morgan fingerprint density at radius 3 is 2.24 bits per heavy atom. The summed E-state index contributed by atoms with van der Waals surface area (Å²) in [6, 6.07) is -0.449. The minimum atomic E-state index is -0.341. The van der Waals surface area contributed by atoms with Gasteiger partial charge in [-0.15, -0.1) is 0 Å². The van der Waals surface area contributed by atoms with Gasteiger partial charge in [0.25, 0.3) is 0 Å². The van der Waals surface area contributed by atoms with Gasteiger partial charge in [0.05, 0.1) is 0 Å². The Labute approximate surface area is 128 Å². The smallest absolute Gasteiger partial charge is 0.246 e. The monoisotopic (exact) mass is 294 g/mol. The molecule has 1 saturated heterocycles. The number of amides is 2. The van der Waals surface area contributed by atoms with E-state index in [4.69, 9.17) is 0 Å². The summed E-state index contributed by atoms with van der Waals surface area (Å²) in [6.45, 7) is 10.5. The number of carbonyl (C=O) groups excluding carboxylic acids is 2. The van der Waals surface area contributed by atoms with E-state index in [1.54, 1.807) is 0 Å². The van der Waals surface area contributed by atoms with Crippen molar-refractivity contribution in [1.82, 2.24) is 10.2 Å². The van der Waals surface area contributed by atoms with Crippen molar-refractivity contribution in [3.05, 3.63) is 0 Å². The van der Waals surface area contributed by atoms with Crippen LogP contribution in [0.4, 0.5) is 0 Å². The summed E-state index contributed by atoms with van der Waals surface area (Å²) < 4.78 is 0. The zero-order valence-corrected chi connectivity index (χ0v) is 14.1. The molecule has 1 N–H and O–H groups in total. The van der Waals surface area contributed by atoms with Gasteiger partial charge in [0, 0.05) is 6.04 Å². The van der Waals surface area contributed by atoms with Crippen molar-refractivity contribution in [2.75, 3.05) is 0 Å². The van der Waals surface area contributed by atoms with Gasteiger partial charge in [-0.2, -0.15) is 0 Å². The second kappa shape index (κ2) is 6.37. The maximum absolute atomic E-state index is 12.9. The van der Waals surface area contributed by atoms with Crippen LogP contribution in [0.15, 0.2) is 0 Å². The lowest BCUT2D eigenvalue weighted by Crippen LogP contribution is -2.66. The maximum atomic E-state index is 12.9. The molecule has 0 aromatic rings. The molecule has 2 aliphatic rings. The standard InChI is InChI=1S/C17H30N2O2/c1-6-12(4)15-17(21)19(13(5)16(20)18-15)14-8-10(2)7-11(3)9-14/h10-15H,6-9H2,1-5H3,(H,18,20). The van der Waals surface area contributed by atoms with Crippen LogP contribution in [-0.4, -0.2) is 34.8 Å². The summed E-state index contributed by atoms with van der Waals surface area (Å²) in [4.78, 5) is 27.1. The molecular formula is C17H30N2O2. The Bertz CT molecular complexity index is 400. The summed E-state index contributed by atoms with van der Waals surface area (Å²) in [5.41, 5.74) is 0. The second-order valence-electron chi connectivity index (χ2n) is 7.36. The van der Waals surface area contributed by atoms with Gasteiger partial charge in [0.2, 0.25) is 11.8 Å². The van der Waals surface area contributed by atoms with Gasteiger partial charge >= 0.3 is 0 Å². The SMILES string of the molecule is CCC(C)C1NC(=O)C(C)N(C2CC(C)CC(C)C2)C1=O. The molecule has 0 aromatic carbocycles. The van der Waals surface area contributed by atoms with E-state index in [0.717, 1.165) is 19.3 Å². The molecule has 2 rings (SSSR count). The first-order chi connectivity index (χ1) is 9.85. The lowest BCUT2D eigenvalue weighted by molar-refractivity contribution is -0.154. The summed E-state index contributed by atoms with van der Waals surface area (Å²) in [5.74, 6) is 1.58. The molecule has 0 bridgehead atoms. The molecule has 1 heterocycles. The molecule has 5 atom stereocenters. The summed E-state index contributed by atoms with van der Waals surface area (Å²) >= 11 is 0. The van der Waals surface area contributed by atoms with Crippen molar-refractivity contribution >= 4 is 11.8 Å². The Hall–Kier alpha value is -1.06. The minimum Gasteiger partial charge on any atom is -0.342 e. The van der Waals surface area contributed by atoms with Crippen LogP contribution in [0, 0.1) is 17.8 Å². The number of hydrogen-bond acceptors (Lipinski definition) is 2. The number of nitrogens with one attached hydrogen (secondary N) is 1. The van der Waals surface area contributed by atoms with Crippen LogP contribution in [0.3, 0.4) is 0 Å². The molecule has 21 heavy (non-hydrogen) atoms. The van der Waals surface area contributed by atoms with Gasteiger partial charge in [-0.25, -0.2) is 0 Å². The third-order valence-electron chi connectivity index (χ3n) is 5.37. The van der Waals surface area contributed by atoms with E-state index in [-0.39, 0.29) is 35.9 Å². The van der Waals surface area contributed by atoms with Crippen molar-refractivity contribution in [3.63, 3.8) is 0 Å². The maximum Gasteiger partial charge on any atom is 0.246 e. The van der Waals surface area contributed by atoms with Crippen LogP contribution in [0.1, 0.15) is 60.3 Å². The molecular weight excluding hydrogens is 264 g/mol. The fourth-order valence-corrected chi connectivity index (χ4v) is 4.06. The second-order valence-corrected chi connectivity index (χ2v) is 7.36. The summed E-state index contributed by atoms with van der Waals surface area (Å²) in [6.07, 6.45) is 4.19. The minimum absolute atomic E-state index is 0.00535. The molecule has 1 aliphatic heterocycles. The van der Waals surface area contributed by atoms with Gasteiger partial charge in [-0.3, -0.25) is 9.59 Å². The molecule has 0 spiro atoms. The number of piperazine rings is 1. The molecule has 2 fully saturated rings. The number of rotatable bonds is 3. The zero-order chi connectivity index (χ0) is 15.7. The molecule has 1 saturated carbocycles. The van der Waals surface area contributed by atoms with Gasteiger partial charge in [0.1, 0.15) is 12.1 Å². The molecule has 1 aliphatic carbocycles. The van der Waals surface area contributed by atoms with Crippen molar-refractivity contribution in [2.45, 2.75) is 78.4 Å². The number of hydrogen-bond donors (Lipinski definition) is 1. The first-order valence-electron chi connectivity index (χ1n) is 8.47. The van der Waals surface area contributed by atoms with Gasteiger partial charge in [-0.1, -0.05) is 34.1 Å². The van der Waals surface area contributed by atoms with Gasteiger partial charge in [-0.05, 0) is 43.9 Å². The molecule has 4 heteroatoms. The summed E-state index contributed by atoms with van der Waals surface area (Å²) in [5, 5.41) is 2.93. The van der Waals surface area contributed by atoms with E-state index >= 15 is 0 Å². The first-order valence-corrected chi connectivity index (χ1v) is 8.47. The summed E-state index contributed by atoms with van der Waals surface area (Å²) in [7, 11) is 0. The number of carbonyl (C=O) groups is 2. The van der Waals surface area contributed by atoms with E-state index in [0.29, 0.717) is 11.8 Å². The molecule has 120 valence electrons. The predicted octanol–water partition coefficient (Wildman–Crippen LogP) is 2.57. The highest BCUT2D eigenvalue weighted by Crippen LogP contribution is 2.34. The van der Waals surface area contributed by atoms with E-state index in [1.807, 2.05) is 18.7 Å². The van der Waals surface area contributed by atoms with Crippen LogP contribution >= 0.6 is 0 Å². The predicted molar refractivity (Wildman–Crippen MR) is 83.7 cm³/mol. The fraction of sp³-hybridized carbons (Fsp3) is 0.882. The van der Waals surface area contributed by atoms with Crippen LogP contribution in [0.2, 0.25) is 0 Å². The normalized spacial score (nSPS) is 39.1. The largest absolute Gasteiger partial charge is 0.342 e. The van der Waals surface area contributed by atoms with E-state index in [9.17, 15) is 9.59 Å². The lowest BCUT2D eigenvalue weighted by Gasteiger charge is -2.46. The third kappa shape index (κ3) is 3.24. The average molecular weight is 294 g/mol. The zero-order valence-electron chi connectivity index (χ0n) is 14.1. The van der Waals surface area contributed by atoms with Crippen LogP contribution < -0.4 is 5.32 Å². The lowest BCUT2D eigenvalue weighted by atomic mass is 9.78. The van der Waals surface area contributed by atoms with E-state index in [2.05, 4.69) is 26.1 Å². The molecule has 4 nitrogen and oxygen atoms in total. The quantitative estimate of drug-likeness (QED) is 0.869. The van der Waals surface area contributed by atoms with Gasteiger partial charge in [0.15, 0.2) is 0 Å². The van der Waals surface area contributed by atoms with Crippen molar-refractivity contribution in [3.8, 4) is 0 Å². The van der Waals surface area contributed by atoms with Crippen LogP contribution in [0.25, 0.3) is 0 Å². The molecule has 5 unspecified atom stereocenters. The van der Waals surface area contributed by atoms with Crippen LogP contribution in [-0.2, 0) is 9.59 Å². The Balaban J connectivity index is 2.22. The highest BCUT2D eigenvalue weighted by molar-refractivity contribution is 5.97. The Kier molecular flexibility index (Phi) is 4.95. The third-order valence-corrected chi connectivity index (χ3v) is 5.37. The average Bonchev–Trinajstić information content (AvgIpc) is 2.41. The molecule has 0 radical (unpaired) electrons. The van der Waals surface area contributed by atoms with Crippen molar-refractivity contribution in [1.29, 1.82) is 0 Å². The topological polar surface area (TPSA) is 49.4 Å². The van der Waals surface area contributed by atoms with Gasteiger partial charge < -0.3 is 10.2 Å². The highest BCUT2D eigenvalue weighted by Gasteiger charge is 2.44. The first kappa shape index (κ1) is 16.3.